The summed E-state index contributed by atoms with van der Waals surface area (Å²) in [6.07, 6.45) is 50.4. The predicted molar refractivity (Wildman–Crippen MR) is 510 cm³/mol. The van der Waals surface area contributed by atoms with E-state index >= 15 is 0 Å². The van der Waals surface area contributed by atoms with E-state index in [0.29, 0.717) is 54.4 Å². The maximum atomic E-state index is 11.0. The maximum Gasteiger partial charge on any atom is 2.00 e. The second-order valence-corrected chi connectivity index (χ2v) is 42.1. The zero-order valence-electron chi connectivity index (χ0n) is 78.4. The van der Waals surface area contributed by atoms with Crippen LogP contribution < -0.4 is 35.9 Å². The molecular weight excluding hydrogens is 1790 g/mol. The molecule has 8 aromatic heterocycles. The molecule has 0 radical (unpaired) electrons. The second-order valence-electron chi connectivity index (χ2n) is 37.7. The number of aromatic nitrogens is 8. The SMILES string of the molecule is CCC(O)C[C@@H]1CCc2sc3ncnc(OC4CCC(N5CCOCC5)CC4)c3c2C1.CCC1CCCO1.CCC[C@@H]1CCc2sc3ncnc(OC4CCC(N5CCOCC5)CC4)c3c2C1.CO.O=CC[C@@H]1CCc2sc3ncnc(OC4CCC(N5CCOCC5)CC4)c3c2C1.OCC[C@@H]1CCc2sc3ncnc(OC4CCC(N5CCOCC5)CC4)c3c2C1.[Br-].[H-].[Mg+2]. The van der Waals surface area contributed by atoms with E-state index in [0.717, 1.165) is 319 Å². The molecule has 31 heteroatoms. The number of aliphatic hydroxyl groups excluding tert-OH is 3. The Morgan fingerprint density at radius 3 is 1.00 bits per heavy atom. The van der Waals surface area contributed by atoms with Gasteiger partial charge in [-0.15, -0.1) is 45.3 Å². The van der Waals surface area contributed by atoms with E-state index in [4.69, 9.17) is 47.7 Å². The van der Waals surface area contributed by atoms with Crippen molar-refractivity contribution in [2.75, 3.05) is 126 Å². The van der Waals surface area contributed by atoms with Crippen LogP contribution in [0, 0.1) is 23.7 Å². The van der Waals surface area contributed by atoms with Crippen molar-refractivity contribution in [3.8, 4) is 23.5 Å². The van der Waals surface area contributed by atoms with Gasteiger partial charge in [0.1, 0.15) is 75.3 Å². The number of carbonyl (C=O) groups excluding carboxylic acids is 1. The average Bonchev–Trinajstić information content (AvgIpc) is 1.63. The Hall–Kier alpha value is -4.20. The number of aldehydes is 1. The van der Waals surface area contributed by atoms with Gasteiger partial charge in [-0.05, 0) is 264 Å². The third-order valence-corrected chi connectivity index (χ3v) is 34.6. The van der Waals surface area contributed by atoms with Crippen molar-refractivity contribution in [2.45, 2.75) is 319 Å². The fourth-order valence-electron chi connectivity index (χ4n) is 22.6. The maximum absolute atomic E-state index is 11.0. The van der Waals surface area contributed by atoms with E-state index in [1.54, 1.807) is 48.0 Å². The molecule has 0 amide bonds. The summed E-state index contributed by atoms with van der Waals surface area (Å²) in [7, 11) is 1.00. The van der Waals surface area contributed by atoms with Gasteiger partial charge in [-0.25, -0.2) is 39.9 Å². The number of hydrogen-bond acceptors (Lipinski definition) is 29. The summed E-state index contributed by atoms with van der Waals surface area (Å²) in [6.45, 7) is 23.4. The molecule has 708 valence electrons. The summed E-state index contributed by atoms with van der Waals surface area (Å²) in [5.74, 6) is 5.52. The Bertz CT molecular complexity index is 4550. The van der Waals surface area contributed by atoms with E-state index in [1.807, 2.05) is 22.7 Å². The van der Waals surface area contributed by atoms with Crippen LogP contribution in [0.2, 0.25) is 0 Å². The zero-order chi connectivity index (χ0) is 87.2. The fourth-order valence-corrected chi connectivity index (χ4v) is 27.3. The van der Waals surface area contributed by atoms with Gasteiger partial charge in [0.15, 0.2) is 0 Å². The van der Waals surface area contributed by atoms with Crippen LogP contribution in [-0.2, 0) is 79.8 Å². The quantitative estimate of drug-likeness (QED) is 0.0420. The number of carbonyl (C=O) groups is 1. The molecule has 6 atom stereocenters. The van der Waals surface area contributed by atoms with Crippen LogP contribution in [0.25, 0.3) is 40.9 Å². The van der Waals surface area contributed by atoms with Crippen LogP contribution in [0.4, 0.5) is 0 Å². The van der Waals surface area contributed by atoms with Crippen molar-refractivity contribution in [2.24, 2.45) is 23.7 Å². The number of rotatable bonds is 22. The number of fused-ring (bicyclic) bond motifs is 12. The van der Waals surface area contributed by atoms with Crippen LogP contribution in [0.3, 0.4) is 0 Å². The van der Waals surface area contributed by atoms with Crippen LogP contribution in [0.15, 0.2) is 25.3 Å². The second kappa shape index (κ2) is 51.3. The van der Waals surface area contributed by atoms with Crippen molar-refractivity contribution < 1.29 is 81.2 Å². The van der Waals surface area contributed by atoms with E-state index in [1.165, 1.54) is 150 Å². The van der Waals surface area contributed by atoms with Crippen molar-refractivity contribution in [1.29, 1.82) is 0 Å². The molecule has 129 heavy (non-hydrogen) atoms. The first-order valence-corrected chi connectivity index (χ1v) is 52.6. The van der Waals surface area contributed by atoms with E-state index in [2.05, 4.69) is 80.2 Å². The minimum atomic E-state index is -0.190. The van der Waals surface area contributed by atoms with Crippen molar-refractivity contribution in [1.82, 2.24) is 59.5 Å². The smallest absolute Gasteiger partial charge is 1.00 e. The largest absolute Gasteiger partial charge is 2.00 e. The number of ether oxygens (including phenoxy) is 9. The van der Waals surface area contributed by atoms with Gasteiger partial charge in [0.25, 0.3) is 0 Å². The van der Waals surface area contributed by atoms with E-state index < -0.39 is 0 Å². The van der Waals surface area contributed by atoms with Gasteiger partial charge in [-0.1, -0.05) is 33.6 Å². The third kappa shape index (κ3) is 26.4. The number of morpholine rings is 4. The zero-order valence-corrected chi connectivity index (χ0v) is 83.6. The Kier molecular flexibility index (Phi) is 40.0. The van der Waals surface area contributed by atoms with Gasteiger partial charge in [0, 0.05) is 123 Å². The Labute approximate surface area is 808 Å². The number of aliphatic hydroxyl groups is 3. The normalized spacial score (nSPS) is 27.7. The first-order valence-electron chi connectivity index (χ1n) is 49.3. The Morgan fingerprint density at radius 2 is 0.721 bits per heavy atom. The molecule has 0 aromatic carbocycles. The van der Waals surface area contributed by atoms with Crippen LogP contribution >= 0.6 is 45.3 Å². The molecule has 25 nitrogen and oxygen atoms in total. The predicted octanol–water partition coefficient (Wildman–Crippen LogP) is 13.1. The van der Waals surface area contributed by atoms with Gasteiger partial charge in [-0.2, -0.15) is 0 Å². The van der Waals surface area contributed by atoms with Crippen LogP contribution in [0.1, 0.15) is 250 Å². The monoisotopic (exact) mass is 1930 g/mol. The molecule has 21 rings (SSSR count). The molecule has 3 N–H and O–H groups in total. The molecule has 8 aromatic rings. The third-order valence-electron chi connectivity index (χ3n) is 29.8. The van der Waals surface area contributed by atoms with Gasteiger partial charge < -0.3 is 81.2 Å². The van der Waals surface area contributed by atoms with Crippen molar-refractivity contribution in [3.05, 3.63) is 67.1 Å². The summed E-state index contributed by atoms with van der Waals surface area (Å²) in [5.41, 5.74) is 5.59. The number of aryl methyl sites for hydroxylation is 4. The van der Waals surface area contributed by atoms with Crippen molar-refractivity contribution in [3.63, 3.8) is 0 Å². The molecule has 0 bridgehead atoms. The van der Waals surface area contributed by atoms with E-state index in [-0.39, 0.29) is 78.6 Å². The average molecular weight is 1930 g/mol. The molecular formula is C98H145BrMgN12O13S4. The minimum Gasteiger partial charge on any atom is -1.00 e. The molecule has 5 saturated heterocycles. The number of hydrogen-bond donors (Lipinski definition) is 3. The first kappa shape index (κ1) is 101. The van der Waals surface area contributed by atoms with Gasteiger partial charge in [0.2, 0.25) is 23.5 Å². The fraction of sp³-hybridized carbons (Fsp3) is 0.745. The van der Waals surface area contributed by atoms with Crippen LogP contribution in [-0.4, -0.2) is 290 Å². The van der Waals surface area contributed by atoms with E-state index in [9.17, 15) is 15.0 Å². The molecule has 8 aliphatic carbocycles. The first-order chi connectivity index (χ1) is 62.6. The standard InChI is InChI=1S/C24H35N3O3S.C23H33N3O2S.C22H31N3O3S.C22H29N3O3S.C6H12O.CH4O.BrH.Mg.H/c1-2-18(28)13-16-3-8-21-20(14-16)22-23(25-15-26-24(22)31-21)30-19-6-4-17(5-7-19)27-9-11-29-12-10-27;1-2-3-16-4-9-20-19(14-16)21-22(24-15-25-23(21)29-20)28-18-7-5-17(6-8-18)26-10-12-27-13-11-26;2*26-10-7-15-1-6-19-18(13-15)20-21(23-14-24-22(20)29-19)28-17-4-2-16(3-5-17)25-8-11-27-12-9-25;1-2-6-4-3-5-7-6;1-2;;;/h15-19,28H,2-14H2,1H3;15-18H,2-14H2,1H3;14-17,26H,1-13H2;10,14-17H,1-9,11-13H2;6H,2-5H2,1H3;2H,1H3;1H;;/q;;;;;;;+2;-1/p-1/t16-,17?,18?,19?;16-,17?,18?;2*15-,16?,17?;;;;;/m0100...../s1. The summed E-state index contributed by atoms with van der Waals surface area (Å²) >= 11 is 7.26. The number of nitrogens with zero attached hydrogens (tertiary/aromatic N) is 12. The summed E-state index contributed by atoms with van der Waals surface area (Å²) in [5, 5.41) is 31.1. The molecule has 9 fully saturated rings. The molecule has 2 unspecified atom stereocenters. The molecule has 4 saturated carbocycles. The number of thiophene rings is 4. The van der Waals surface area contributed by atoms with Crippen molar-refractivity contribution >= 4 is 116 Å². The van der Waals surface area contributed by atoms with Gasteiger partial charge >= 0.3 is 23.1 Å². The molecule has 13 heterocycles. The van der Waals surface area contributed by atoms with Gasteiger partial charge in [-0.3, -0.25) is 19.6 Å². The van der Waals surface area contributed by atoms with Crippen LogP contribution in [0.5, 0.6) is 23.5 Å². The minimum absolute atomic E-state index is 0. The van der Waals surface area contributed by atoms with Gasteiger partial charge in [0.05, 0.1) is 86.6 Å². The Balaban J connectivity index is 0.000000142. The topological polar surface area (TPSA) is 277 Å². The Morgan fingerprint density at radius 1 is 0.419 bits per heavy atom. The number of halogens is 1. The molecule has 0 spiro atoms. The molecule has 13 aliphatic rings. The molecule has 5 aliphatic heterocycles. The summed E-state index contributed by atoms with van der Waals surface area (Å²) < 4.78 is 53.3. The summed E-state index contributed by atoms with van der Waals surface area (Å²) in [4.78, 5) is 68.0. The summed E-state index contributed by atoms with van der Waals surface area (Å²) in [6, 6.07) is 2.72.